The molecule has 2 aromatic rings. The fraction of sp³-hybridized carbons (Fsp3) is 0.333. The lowest BCUT2D eigenvalue weighted by molar-refractivity contribution is -0.139. The van der Waals surface area contributed by atoms with Gasteiger partial charge in [-0.05, 0) is 43.2 Å². The molecule has 1 aliphatic rings. The predicted molar refractivity (Wildman–Crippen MR) is 103 cm³/mol. The van der Waals surface area contributed by atoms with Crippen LogP contribution in [0.1, 0.15) is 28.9 Å². The Bertz CT molecular complexity index is 992. The monoisotopic (exact) mass is 491 g/mol. The number of piperidine rings is 1. The van der Waals surface area contributed by atoms with E-state index in [0.717, 1.165) is 12.1 Å². The van der Waals surface area contributed by atoms with Crippen molar-refractivity contribution in [2.45, 2.75) is 30.0 Å². The first-order chi connectivity index (χ1) is 13.6. The number of nitrogens with zero attached hydrogens (tertiary/aromatic N) is 2. The third kappa shape index (κ3) is 5.14. The molecule has 1 amide bonds. The fourth-order valence-electron chi connectivity index (χ4n) is 3.09. The Morgan fingerprint density at radius 3 is 2.45 bits per heavy atom. The van der Waals surface area contributed by atoms with Crippen LogP contribution >= 0.6 is 15.9 Å². The summed E-state index contributed by atoms with van der Waals surface area (Å²) in [5.41, 5.74) is -0.946. The second-order valence-corrected chi connectivity index (χ2v) is 9.14. The number of hydrogen-bond donors (Lipinski definition) is 1. The molecular weight excluding hydrogens is 475 g/mol. The van der Waals surface area contributed by atoms with Crippen molar-refractivity contribution in [3.63, 3.8) is 0 Å². The summed E-state index contributed by atoms with van der Waals surface area (Å²) in [6.07, 6.45) is -2.73. The van der Waals surface area contributed by atoms with E-state index in [1.54, 1.807) is 23.1 Å². The van der Waals surface area contributed by atoms with Gasteiger partial charge in [-0.2, -0.15) is 13.2 Å². The number of amides is 1. The molecule has 29 heavy (non-hydrogen) atoms. The van der Waals surface area contributed by atoms with Crippen molar-refractivity contribution >= 4 is 31.9 Å². The van der Waals surface area contributed by atoms with Gasteiger partial charge < -0.3 is 4.90 Å². The maximum absolute atomic E-state index is 13.3. The molecule has 1 aromatic carbocycles. The van der Waals surface area contributed by atoms with Gasteiger partial charge in [0.1, 0.15) is 5.69 Å². The first-order valence-electron chi connectivity index (χ1n) is 8.67. The number of likely N-dealkylation sites (tertiary alicyclic amines) is 1. The van der Waals surface area contributed by atoms with Gasteiger partial charge in [0.05, 0.1) is 10.5 Å². The van der Waals surface area contributed by atoms with E-state index in [0.29, 0.717) is 0 Å². The molecule has 2 heterocycles. The third-order valence-electron chi connectivity index (χ3n) is 4.52. The summed E-state index contributed by atoms with van der Waals surface area (Å²) >= 11 is 2.94. The maximum atomic E-state index is 13.3. The molecule has 0 aliphatic carbocycles. The molecular formula is C18H17BrF3N3O3S. The zero-order chi connectivity index (χ0) is 21.2. The summed E-state index contributed by atoms with van der Waals surface area (Å²) in [6.45, 7) is 0.546. The van der Waals surface area contributed by atoms with E-state index in [9.17, 15) is 26.4 Å². The summed E-state index contributed by atoms with van der Waals surface area (Å²) in [7, 11) is -4.39. The standard InChI is InChI=1S/C18H17BrF3N3O3S/c19-12-4-5-16(14(11-12)18(20,21)22)29(27,28)24-13-6-9-25(10-7-13)17(26)15-3-1-2-8-23-15/h1-5,8,11,13,24H,6-7,9-10H2. The number of halogens is 4. The SMILES string of the molecule is O=C(c1ccccn1)N1CCC(NS(=O)(=O)c2ccc(Br)cc2C(F)(F)F)CC1. The second kappa shape index (κ2) is 8.41. The van der Waals surface area contributed by atoms with Gasteiger partial charge in [0.25, 0.3) is 5.91 Å². The van der Waals surface area contributed by atoms with E-state index in [4.69, 9.17) is 0 Å². The van der Waals surface area contributed by atoms with Crippen LogP contribution in [0, 0.1) is 0 Å². The highest BCUT2D eigenvalue weighted by Crippen LogP contribution is 2.36. The molecule has 11 heteroatoms. The lowest BCUT2D eigenvalue weighted by Crippen LogP contribution is -2.46. The van der Waals surface area contributed by atoms with E-state index in [2.05, 4.69) is 25.6 Å². The molecule has 1 N–H and O–H groups in total. The zero-order valence-corrected chi connectivity index (χ0v) is 17.4. The second-order valence-electron chi connectivity index (χ2n) is 6.54. The van der Waals surface area contributed by atoms with Crippen LogP contribution in [0.5, 0.6) is 0 Å². The first-order valence-corrected chi connectivity index (χ1v) is 10.9. The number of alkyl halides is 3. The summed E-state index contributed by atoms with van der Waals surface area (Å²) in [6, 6.07) is 7.31. The quantitative estimate of drug-likeness (QED) is 0.710. The molecule has 0 radical (unpaired) electrons. The molecule has 6 nitrogen and oxygen atoms in total. The zero-order valence-electron chi connectivity index (χ0n) is 15.0. The highest BCUT2D eigenvalue weighted by atomic mass is 79.9. The van der Waals surface area contributed by atoms with E-state index < -0.39 is 32.7 Å². The molecule has 1 aliphatic heterocycles. The van der Waals surface area contributed by atoms with Gasteiger partial charge in [-0.3, -0.25) is 9.78 Å². The predicted octanol–water partition coefficient (Wildman–Crippen LogP) is 3.45. The van der Waals surface area contributed by atoms with Crippen LogP contribution < -0.4 is 4.72 Å². The smallest absolute Gasteiger partial charge is 0.337 e. The van der Waals surface area contributed by atoms with Crippen molar-refractivity contribution in [2.24, 2.45) is 0 Å². The Labute approximate surface area is 174 Å². The first kappa shape index (κ1) is 21.7. The van der Waals surface area contributed by atoms with Gasteiger partial charge in [0, 0.05) is 29.8 Å². The average Bonchev–Trinajstić information content (AvgIpc) is 2.67. The van der Waals surface area contributed by atoms with Gasteiger partial charge in [-0.15, -0.1) is 0 Å². The molecule has 0 saturated carbocycles. The summed E-state index contributed by atoms with van der Waals surface area (Å²) in [4.78, 5) is 17.1. The van der Waals surface area contributed by atoms with Gasteiger partial charge in [-0.1, -0.05) is 22.0 Å². The van der Waals surface area contributed by atoms with Crippen LogP contribution in [0.4, 0.5) is 13.2 Å². The molecule has 0 unspecified atom stereocenters. The lowest BCUT2D eigenvalue weighted by Gasteiger charge is -2.32. The number of rotatable bonds is 4. The van der Waals surface area contributed by atoms with Crippen LogP contribution in [-0.2, 0) is 16.2 Å². The number of carbonyl (C=O) groups is 1. The topological polar surface area (TPSA) is 79.4 Å². The van der Waals surface area contributed by atoms with Gasteiger partial charge in [0.15, 0.2) is 0 Å². The van der Waals surface area contributed by atoms with Crippen molar-refractivity contribution < 1.29 is 26.4 Å². The highest BCUT2D eigenvalue weighted by molar-refractivity contribution is 9.10. The Kier molecular flexibility index (Phi) is 6.30. The fourth-order valence-corrected chi connectivity index (χ4v) is 4.97. The average molecular weight is 492 g/mol. The third-order valence-corrected chi connectivity index (χ3v) is 6.60. The normalized spacial score (nSPS) is 16.1. The van der Waals surface area contributed by atoms with Crippen molar-refractivity contribution in [3.8, 4) is 0 Å². The van der Waals surface area contributed by atoms with Crippen molar-refractivity contribution in [1.29, 1.82) is 0 Å². The van der Waals surface area contributed by atoms with Gasteiger partial charge in [-0.25, -0.2) is 13.1 Å². The number of benzene rings is 1. The van der Waals surface area contributed by atoms with Crippen LogP contribution in [-0.4, -0.2) is 43.3 Å². The molecule has 0 spiro atoms. The van der Waals surface area contributed by atoms with Crippen molar-refractivity contribution in [3.05, 3.63) is 58.3 Å². The van der Waals surface area contributed by atoms with E-state index in [-0.39, 0.29) is 42.0 Å². The summed E-state index contributed by atoms with van der Waals surface area (Å²) in [5.74, 6) is -0.265. The number of carbonyl (C=O) groups excluding carboxylic acids is 1. The van der Waals surface area contributed by atoms with Crippen LogP contribution in [0.3, 0.4) is 0 Å². The van der Waals surface area contributed by atoms with E-state index >= 15 is 0 Å². The van der Waals surface area contributed by atoms with Gasteiger partial charge in [0.2, 0.25) is 10.0 Å². The number of hydrogen-bond acceptors (Lipinski definition) is 4. The minimum Gasteiger partial charge on any atom is -0.337 e. The van der Waals surface area contributed by atoms with Crippen LogP contribution in [0.15, 0.2) is 52.0 Å². The Hall–Kier alpha value is -1.98. The summed E-state index contributed by atoms with van der Waals surface area (Å²) in [5, 5.41) is 0. The largest absolute Gasteiger partial charge is 0.417 e. The van der Waals surface area contributed by atoms with Gasteiger partial charge >= 0.3 is 6.18 Å². The molecule has 0 atom stereocenters. The van der Waals surface area contributed by atoms with E-state index in [1.807, 2.05) is 0 Å². The van der Waals surface area contributed by atoms with Crippen LogP contribution in [0.2, 0.25) is 0 Å². The number of nitrogens with one attached hydrogen (secondary N) is 1. The molecule has 1 aromatic heterocycles. The Morgan fingerprint density at radius 2 is 1.86 bits per heavy atom. The highest BCUT2D eigenvalue weighted by Gasteiger charge is 2.38. The molecule has 3 rings (SSSR count). The minimum absolute atomic E-state index is 0.130. The summed E-state index contributed by atoms with van der Waals surface area (Å²) < 4.78 is 67.5. The van der Waals surface area contributed by atoms with E-state index in [1.165, 1.54) is 12.3 Å². The van der Waals surface area contributed by atoms with Crippen molar-refractivity contribution in [1.82, 2.24) is 14.6 Å². The number of sulfonamides is 1. The van der Waals surface area contributed by atoms with Crippen LogP contribution in [0.25, 0.3) is 0 Å². The minimum atomic E-state index is -4.81. The van der Waals surface area contributed by atoms with Crippen molar-refractivity contribution in [2.75, 3.05) is 13.1 Å². The molecule has 156 valence electrons. The molecule has 1 saturated heterocycles. The molecule has 1 fully saturated rings. The Morgan fingerprint density at radius 1 is 1.17 bits per heavy atom. The number of pyridine rings is 1. The molecule has 0 bridgehead atoms. The Balaban J connectivity index is 1.70. The maximum Gasteiger partial charge on any atom is 0.417 e. The number of aromatic nitrogens is 1. The lowest BCUT2D eigenvalue weighted by atomic mass is 10.1.